The van der Waals surface area contributed by atoms with Crippen molar-refractivity contribution in [1.29, 1.82) is 0 Å². The Morgan fingerprint density at radius 1 is 1.35 bits per heavy atom. The van der Waals surface area contributed by atoms with E-state index in [1.807, 2.05) is 23.4 Å². The maximum atomic E-state index is 4.52. The highest BCUT2D eigenvalue weighted by Gasteiger charge is 2.16. The van der Waals surface area contributed by atoms with Crippen LogP contribution in [0.3, 0.4) is 0 Å². The van der Waals surface area contributed by atoms with E-state index in [0.717, 1.165) is 31.5 Å². The second-order valence-corrected chi connectivity index (χ2v) is 6.27. The SMILES string of the molecule is CCCNC(Cc1cncs1)Cc1c(C)nn(C)c1C. The molecule has 1 N–H and O–H groups in total. The van der Waals surface area contributed by atoms with Crippen LogP contribution in [0.15, 0.2) is 11.7 Å². The molecule has 0 bridgehead atoms. The Labute approximate surface area is 125 Å². The average molecular weight is 292 g/mol. The van der Waals surface area contributed by atoms with E-state index in [0.29, 0.717) is 6.04 Å². The first-order valence-electron chi connectivity index (χ1n) is 7.21. The van der Waals surface area contributed by atoms with E-state index in [2.05, 4.69) is 36.2 Å². The molecule has 0 aliphatic rings. The molecule has 1 atom stereocenters. The fourth-order valence-electron chi connectivity index (χ4n) is 2.51. The van der Waals surface area contributed by atoms with Crippen LogP contribution in [0.2, 0.25) is 0 Å². The summed E-state index contributed by atoms with van der Waals surface area (Å²) in [7, 11) is 2.02. The van der Waals surface area contributed by atoms with E-state index in [-0.39, 0.29) is 0 Å². The minimum atomic E-state index is 0.456. The van der Waals surface area contributed by atoms with Crippen molar-refractivity contribution >= 4 is 11.3 Å². The van der Waals surface area contributed by atoms with Gasteiger partial charge in [0.15, 0.2) is 0 Å². The summed E-state index contributed by atoms with van der Waals surface area (Å²) in [4.78, 5) is 5.52. The standard InChI is InChI=1S/C15H24N4S/c1-5-6-17-13(7-14-9-16-10-20-14)8-15-11(2)18-19(4)12(15)3/h9-10,13,17H,5-8H2,1-4H3. The highest BCUT2D eigenvalue weighted by molar-refractivity contribution is 7.09. The molecule has 0 radical (unpaired) electrons. The molecular formula is C15H24N4S. The molecule has 0 spiro atoms. The second-order valence-electron chi connectivity index (χ2n) is 5.30. The van der Waals surface area contributed by atoms with Crippen LogP contribution < -0.4 is 5.32 Å². The molecule has 110 valence electrons. The number of aryl methyl sites for hydroxylation is 2. The molecule has 2 heterocycles. The third kappa shape index (κ3) is 3.67. The van der Waals surface area contributed by atoms with Gasteiger partial charge in [-0.05, 0) is 45.2 Å². The van der Waals surface area contributed by atoms with E-state index >= 15 is 0 Å². The van der Waals surface area contributed by atoms with Gasteiger partial charge in [0, 0.05) is 29.9 Å². The van der Waals surface area contributed by atoms with Gasteiger partial charge in [-0.2, -0.15) is 5.10 Å². The van der Waals surface area contributed by atoms with Gasteiger partial charge in [0.2, 0.25) is 0 Å². The summed E-state index contributed by atoms with van der Waals surface area (Å²) in [6.07, 6.45) is 5.21. The Kier molecular flexibility index (Phi) is 5.31. The van der Waals surface area contributed by atoms with Crippen LogP contribution in [-0.2, 0) is 19.9 Å². The largest absolute Gasteiger partial charge is 0.313 e. The molecular weight excluding hydrogens is 268 g/mol. The first-order chi connectivity index (χ1) is 9.61. The van der Waals surface area contributed by atoms with Crippen LogP contribution in [0.1, 0.15) is 35.2 Å². The van der Waals surface area contributed by atoms with Crippen molar-refractivity contribution in [2.75, 3.05) is 6.54 Å². The van der Waals surface area contributed by atoms with E-state index in [9.17, 15) is 0 Å². The Morgan fingerprint density at radius 2 is 2.15 bits per heavy atom. The van der Waals surface area contributed by atoms with Crippen molar-refractivity contribution < 1.29 is 0 Å². The fraction of sp³-hybridized carbons (Fsp3) is 0.600. The average Bonchev–Trinajstić information content (AvgIpc) is 3.00. The first-order valence-corrected chi connectivity index (χ1v) is 8.09. The summed E-state index contributed by atoms with van der Waals surface area (Å²) in [5.74, 6) is 0. The number of rotatable bonds is 7. The van der Waals surface area contributed by atoms with Crippen LogP contribution in [0, 0.1) is 13.8 Å². The molecule has 0 aromatic carbocycles. The molecule has 2 aromatic heterocycles. The van der Waals surface area contributed by atoms with Gasteiger partial charge in [0.25, 0.3) is 0 Å². The van der Waals surface area contributed by atoms with Gasteiger partial charge < -0.3 is 5.32 Å². The molecule has 0 aliphatic carbocycles. The zero-order valence-corrected chi connectivity index (χ0v) is 13.6. The molecule has 0 fully saturated rings. The molecule has 0 aliphatic heterocycles. The van der Waals surface area contributed by atoms with E-state index in [1.165, 1.54) is 16.1 Å². The van der Waals surface area contributed by atoms with Crippen molar-refractivity contribution in [3.63, 3.8) is 0 Å². The Morgan fingerprint density at radius 3 is 2.70 bits per heavy atom. The lowest BCUT2D eigenvalue weighted by Crippen LogP contribution is -2.34. The molecule has 2 rings (SSSR count). The van der Waals surface area contributed by atoms with E-state index < -0.39 is 0 Å². The zero-order chi connectivity index (χ0) is 14.5. The normalized spacial score (nSPS) is 12.8. The van der Waals surface area contributed by atoms with Gasteiger partial charge in [0.1, 0.15) is 0 Å². The molecule has 2 aromatic rings. The minimum absolute atomic E-state index is 0.456. The molecule has 0 saturated carbocycles. The predicted octanol–water partition coefficient (Wildman–Crippen LogP) is 2.65. The number of aromatic nitrogens is 3. The number of hydrogen-bond donors (Lipinski definition) is 1. The van der Waals surface area contributed by atoms with Crippen LogP contribution in [0.25, 0.3) is 0 Å². The molecule has 1 unspecified atom stereocenters. The summed E-state index contributed by atoms with van der Waals surface area (Å²) >= 11 is 1.74. The van der Waals surface area contributed by atoms with E-state index in [4.69, 9.17) is 0 Å². The fourth-order valence-corrected chi connectivity index (χ4v) is 3.19. The molecule has 5 heteroatoms. The minimum Gasteiger partial charge on any atom is -0.313 e. The van der Waals surface area contributed by atoms with Gasteiger partial charge in [-0.3, -0.25) is 9.67 Å². The van der Waals surface area contributed by atoms with Gasteiger partial charge in [0.05, 0.1) is 11.2 Å². The van der Waals surface area contributed by atoms with Crippen LogP contribution >= 0.6 is 11.3 Å². The summed E-state index contributed by atoms with van der Waals surface area (Å²) in [5.41, 5.74) is 5.71. The third-order valence-electron chi connectivity index (χ3n) is 3.72. The van der Waals surface area contributed by atoms with Crippen molar-refractivity contribution in [3.8, 4) is 0 Å². The van der Waals surface area contributed by atoms with Gasteiger partial charge in [-0.15, -0.1) is 11.3 Å². The van der Waals surface area contributed by atoms with E-state index in [1.54, 1.807) is 11.3 Å². The smallest absolute Gasteiger partial charge is 0.0794 e. The van der Waals surface area contributed by atoms with Crippen molar-refractivity contribution in [2.24, 2.45) is 7.05 Å². The maximum absolute atomic E-state index is 4.52. The number of nitrogens with zero attached hydrogens (tertiary/aromatic N) is 3. The molecule has 4 nitrogen and oxygen atoms in total. The molecule has 20 heavy (non-hydrogen) atoms. The van der Waals surface area contributed by atoms with Crippen molar-refractivity contribution in [2.45, 2.75) is 46.1 Å². The lowest BCUT2D eigenvalue weighted by molar-refractivity contribution is 0.505. The lowest BCUT2D eigenvalue weighted by atomic mass is 10.0. The van der Waals surface area contributed by atoms with Gasteiger partial charge in [-0.1, -0.05) is 6.92 Å². The summed E-state index contributed by atoms with van der Waals surface area (Å²) < 4.78 is 1.98. The quantitative estimate of drug-likeness (QED) is 0.853. The van der Waals surface area contributed by atoms with Crippen molar-refractivity contribution in [3.05, 3.63) is 33.5 Å². The summed E-state index contributed by atoms with van der Waals surface area (Å²) in [5, 5.41) is 8.18. The summed E-state index contributed by atoms with van der Waals surface area (Å²) in [6.45, 7) is 7.52. The highest BCUT2D eigenvalue weighted by atomic mass is 32.1. The van der Waals surface area contributed by atoms with Crippen molar-refractivity contribution in [1.82, 2.24) is 20.1 Å². The molecule has 0 amide bonds. The van der Waals surface area contributed by atoms with Crippen LogP contribution in [0.5, 0.6) is 0 Å². The van der Waals surface area contributed by atoms with Crippen LogP contribution in [0.4, 0.5) is 0 Å². The molecule has 0 saturated heterocycles. The lowest BCUT2D eigenvalue weighted by Gasteiger charge is -2.18. The number of nitrogens with one attached hydrogen (secondary N) is 1. The Hall–Kier alpha value is -1.20. The predicted molar refractivity (Wildman–Crippen MR) is 84.3 cm³/mol. The maximum Gasteiger partial charge on any atom is 0.0794 e. The zero-order valence-electron chi connectivity index (χ0n) is 12.8. The monoisotopic (exact) mass is 292 g/mol. The highest BCUT2D eigenvalue weighted by Crippen LogP contribution is 2.17. The van der Waals surface area contributed by atoms with Gasteiger partial charge >= 0.3 is 0 Å². The second kappa shape index (κ2) is 6.99. The Balaban J connectivity index is 2.10. The third-order valence-corrected chi connectivity index (χ3v) is 4.53. The number of hydrogen-bond acceptors (Lipinski definition) is 4. The Bertz CT molecular complexity index is 530. The number of thiazole rings is 1. The van der Waals surface area contributed by atoms with Crippen LogP contribution in [-0.4, -0.2) is 27.4 Å². The first kappa shape index (κ1) is 15.2. The van der Waals surface area contributed by atoms with Gasteiger partial charge in [-0.25, -0.2) is 0 Å². The summed E-state index contributed by atoms with van der Waals surface area (Å²) in [6, 6.07) is 0.456. The topological polar surface area (TPSA) is 42.7 Å².